The van der Waals surface area contributed by atoms with Crippen LogP contribution in [0.1, 0.15) is 62.8 Å². The van der Waals surface area contributed by atoms with Crippen LogP contribution in [-0.2, 0) is 26.1 Å². The van der Waals surface area contributed by atoms with Crippen LogP contribution in [0, 0.1) is 5.92 Å². The van der Waals surface area contributed by atoms with Gasteiger partial charge in [0, 0.05) is 28.5 Å². The summed E-state index contributed by atoms with van der Waals surface area (Å²) in [5.74, 6) is 0.773. The lowest BCUT2D eigenvalue weighted by Gasteiger charge is -2.39. The molecule has 0 saturated carbocycles. The van der Waals surface area contributed by atoms with Crippen molar-refractivity contribution < 1.29 is 23.8 Å². The second kappa shape index (κ2) is 11.0. The Morgan fingerprint density at radius 1 is 1.11 bits per heavy atom. The monoisotopic (exact) mass is 543 g/mol. The predicted octanol–water partition coefficient (Wildman–Crippen LogP) is 6.20. The summed E-state index contributed by atoms with van der Waals surface area (Å²) in [6, 6.07) is 14.1. The summed E-state index contributed by atoms with van der Waals surface area (Å²) in [4.78, 5) is 26.5. The molecule has 0 radical (unpaired) electrons. The lowest BCUT2D eigenvalue weighted by molar-refractivity contribution is -0.142. The van der Waals surface area contributed by atoms with Crippen LogP contribution in [0.15, 0.2) is 46.9 Å². The van der Waals surface area contributed by atoms with Crippen LogP contribution in [0.3, 0.4) is 0 Å². The van der Waals surface area contributed by atoms with E-state index < -0.39 is 0 Å². The van der Waals surface area contributed by atoms with E-state index in [1.54, 1.807) is 0 Å². The number of likely N-dealkylation sites (tertiary alicyclic amines) is 1. The molecule has 4 rings (SSSR count). The van der Waals surface area contributed by atoms with Crippen LogP contribution < -0.4 is 4.74 Å². The molecule has 7 heteroatoms. The van der Waals surface area contributed by atoms with Crippen molar-refractivity contribution in [3.8, 4) is 5.75 Å². The van der Waals surface area contributed by atoms with Gasteiger partial charge in [0.15, 0.2) is 0 Å². The predicted molar refractivity (Wildman–Crippen MR) is 138 cm³/mol. The van der Waals surface area contributed by atoms with Gasteiger partial charge < -0.3 is 19.1 Å². The summed E-state index contributed by atoms with van der Waals surface area (Å²) < 4.78 is 18.2. The molecule has 188 valence electrons. The molecule has 0 bridgehead atoms. The fraction of sp³-hybridized carbons (Fsp3) is 0.500. The number of halogens is 1. The number of ether oxygens (including phenoxy) is 3. The molecule has 1 aliphatic heterocycles. The Labute approximate surface area is 216 Å². The Morgan fingerprint density at radius 2 is 1.86 bits per heavy atom. The van der Waals surface area contributed by atoms with Gasteiger partial charge in [-0.3, -0.25) is 4.79 Å². The maximum Gasteiger partial charge on any atom is 0.409 e. The molecule has 0 aromatic heterocycles. The highest BCUT2D eigenvalue weighted by atomic mass is 79.9. The number of carbonyl (C=O) groups excluding carboxylic acids is 2. The minimum atomic E-state index is -0.258. The molecule has 1 heterocycles. The Hall–Kier alpha value is -2.54. The number of hydrogen-bond acceptors (Lipinski definition) is 5. The van der Waals surface area contributed by atoms with Crippen molar-refractivity contribution >= 4 is 28.0 Å². The first-order valence-corrected chi connectivity index (χ1v) is 13.2. The Morgan fingerprint density at radius 3 is 2.57 bits per heavy atom. The molecule has 1 amide bonds. The first-order valence-electron chi connectivity index (χ1n) is 12.4. The molecule has 2 aliphatic rings. The van der Waals surface area contributed by atoms with Crippen molar-refractivity contribution in [2.45, 2.75) is 58.0 Å². The largest absolute Gasteiger partial charge is 0.485 e. The van der Waals surface area contributed by atoms with Gasteiger partial charge in [-0.1, -0.05) is 54.0 Å². The van der Waals surface area contributed by atoms with Gasteiger partial charge in [0.25, 0.3) is 0 Å². The maximum absolute atomic E-state index is 12.5. The van der Waals surface area contributed by atoms with Gasteiger partial charge in [0.1, 0.15) is 11.9 Å². The van der Waals surface area contributed by atoms with Crippen molar-refractivity contribution in [1.29, 1.82) is 0 Å². The van der Waals surface area contributed by atoms with Crippen LogP contribution in [0.2, 0.25) is 0 Å². The Balaban J connectivity index is 1.52. The molecule has 6 nitrogen and oxygen atoms in total. The number of rotatable bonds is 7. The number of benzene rings is 2. The molecule has 0 N–H and O–H groups in total. The summed E-state index contributed by atoms with van der Waals surface area (Å²) in [6.07, 6.45) is 2.39. The fourth-order valence-corrected chi connectivity index (χ4v) is 5.55. The first kappa shape index (κ1) is 25.5. The van der Waals surface area contributed by atoms with Gasteiger partial charge >= 0.3 is 12.1 Å². The number of piperidine rings is 1. The summed E-state index contributed by atoms with van der Waals surface area (Å²) >= 11 is 3.63. The zero-order chi connectivity index (χ0) is 25.0. The number of nitrogens with zero attached hydrogens (tertiary/aromatic N) is 1. The summed E-state index contributed by atoms with van der Waals surface area (Å²) in [6.45, 7) is 8.02. The summed E-state index contributed by atoms with van der Waals surface area (Å²) in [5, 5.41) is 0. The zero-order valence-corrected chi connectivity index (χ0v) is 22.3. The molecule has 1 aliphatic carbocycles. The third-order valence-corrected chi connectivity index (χ3v) is 7.40. The highest BCUT2D eigenvalue weighted by molar-refractivity contribution is 9.10. The molecular formula is C28H34BrNO5. The van der Waals surface area contributed by atoms with E-state index in [-0.39, 0.29) is 30.0 Å². The van der Waals surface area contributed by atoms with E-state index in [4.69, 9.17) is 14.2 Å². The van der Waals surface area contributed by atoms with Crippen molar-refractivity contribution in [3.63, 3.8) is 0 Å². The standard InChI is InChI=1S/C28H34BrNO5/c1-4-33-26(31)15-20-7-5-6-8-24(20)35-25-17-28(23-10-9-21(29)16-22(23)25)11-13-30(14-12-28)27(32)34-18-19(2)3/h5-10,16,19,25H,4,11-15,17-18H2,1-3H3. The van der Waals surface area contributed by atoms with E-state index in [0.717, 1.165) is 29.3 Å². The molecule has 2 aromatic carbocycles. The zero-order valence-electron chi connectivity index (χ0n) is 20.7. The number of amides is 1. The summed E-state index contributed by atoms with van der Waals surface area (Å²) in [7, 11) is 0. The second-order valence-corrected chi connectivity index (χ2v) is 10.8. The number of carbonyl (C=O) groups is 2. The Kier molecular flexibility index (Phi) is 8.05. The Bertz CT molecular complexity index is 1060. The summed E-state index contributed by atoms with van der Waals surface area (Å²) in [5.41, 5.74) is 3.24. The molecule has 1 atom stereocenters. The van der Waals surface area contributed by atoms with Gasteiger partial charge in [0.05, 0.1) is 19.6 Å². The van der Waals surface area contributed by atoms with Gasteiger partial charge in [-0.25, -0.2) is 4.79 Å². The van der Waals surface area contributed by atoms with Crippen LogP contribution in [0.25, 0.3) is 0 Å². The maximum atomic E-state index is 12.5. The van der Waals surface area contributed by atoms with E-state index in [2.05, 4.69) is 34.1 Å². The molecule has 2 aromatic rings. The second-order valence-electron chi connectivity index (χ2n) is 9.87. The smallest absolute Gasteiger partial charge is 0.409 e. The first-order chi connectivity index (χ1) is 16.8. The molecule has 35 heavy (non-hydrogen) atoms. The molecule has 1 unspecified atom stereocenters. The number of fused-ring (bicyclic) bond motifs is 2. The van der Waals surface area contributed by atoms with E-state index >= 15 is 0 Å². The van der Waals surface area contributed by atoms with Crippen LogP contribution >= 0.6 is 15.9 Å². The minimum Gasteiger partial charge on any atom is -0.485 e. The third-order valence-electron chi connectivity index (χ3n) is 6.91. The van der Waals surface area contributed by atoms with Crippen LogP contribution in [0.4, 0.5) is 4.79 Å². The number of para-hydroxylation sites is 1. The van der Waals surface area contributed by atoms with E-state index in [1.807, 2.05) is 49.9 Å². The van der Waals surface area contributed by atoms with Gasteiger partial charge in [-0.2, -0.15) is 0 Å². The average Bonchev–Trinajstić information content (AvgIpc) is 3.11. The molecule has 1 spiro atoms. The molecular weight excluding hydrogens is 510 g/mol. The van der Waals surface area contributed by atoms with E-state index in [0.29, 0.717) is 38.0 Å². The molecule has 1 fully saturated rings. The minimum absolute atomic E-state index is 0.0500. The lowest BCUT2D eigenvalue weighted by atomic mass is 9.74. The highest BCUT2D eigenvalue weighted by Crippen LogP contribution is 2.53. The van der Waals surface area contributed by atoms with Gasteiger partial charge in [-0.05, 0) is 61.4 Å². The third kappa shape index (κ3) is 5.83. The average molecular weight is 544 g/mol. The van der Waals surface area contributed by atoms with Crippen molar-refractivity contribution in [2.75, 3.05) is 26.3 Å². The SMILES string of the molecule is CCOC(=O)Cc1ccccc1OC1CC2(CCN(C(=O)OCC(C)C)CC2)c2ccc(Br)cc21. The lowest BCUT2D eigenvalue weighted by Crippen LogP contribution is -2.45. The highest BCUT2D eigenvalue weighted by Gasteiger charge is 2.47. The van der Waals surface area contributed by atoms with Crippen LogP contribution in [-0.4, -0.2) is 43.3 Å². The van der Waals surface area contributed by atoms with Gasteiger partial charge in [-0.15, -0.1) is 0 Å². The number of hydrogen-bond donors (Lipinski definition) is 0. The fourth-order valence-electron chi connectivity index (χ4n) is 5.17. The van der Waals surface area contributed by atoms with E-state index in [1.165, 1.54) is 11.1 Å². The van der Waals surface area contributed by atoms with Crippen LogP contribution in [0.5, 0.6) is 5.75 Å². The quantitative estimate of drug-likeness (QED) is 0.388. The topological polar surface area (TPSA) is 65.1 Å². The number of esters is 1. The molecule has 1 saturated heterocycles. The van der Waals surface area contributed by atoms with Crippen molar-refractivity contribution in [3.05, 3.63) is 63.6 Å². The van der Waals surface area contributed by atoms with E-state index in [9.17, 15) is 9.59 Å². The van der Waals surface area contributed by atoms with Crippen molar-refractivity contribution in [1.82, 2.24) is 4.90 Å². The van der Waals surface area contributed by atoms with Gasteiger partial charge in [0.2, 0.25) is 0 Å². The van der Waals surface area contributed by atoms with Crippen molar-refractivity contribution in [2.24, 2.45) is 5.92 Å². The normalized spacial score (nSPS) is 18.4.